The predicted octanol–water partition coefficient (Wildman–Crippen LogP) is 9.80. The van der Waals surface area contributed by atoms with Gasteiger partial charge in [0.25, 0.3) is 6.71 Å². The molecule has 48 heavy (non-hydrogen) atoms. The fourth-order valence-corrected chi connectivity index (χ4v) is 10.3. The Balaban J connectivity index is 1.33. The molecule has 2 aliphatic carbocycles. The molecule has 5 aromatic rings. The Morgan fingerprint density at radius 1 is 0.500 bits per heavy atom. The largest absolute Gasteiger partial charge is 0.458 e. The molecule has 0 radical (unpaired) electrons. The maximum Gasteiger partial charge on any atom is 0.260 e. The molecule has 4 heteroatoms. The van der Waals surface area contributed by atoms with Crippen molar-refractivity contribution in [3.63, 3.8) is 0 Å². The smallest absolute Gasteiger partial charge is 0.260 e. The Labute approximate surface area is 286 Å². The van der Waals surface area contributed by atoms with E-state index >= 15 is 0 Å². The number of rotatable bonds is 3. The van der Waals surface area contributed by atoms with Gasteiger partial charge in [-0.05, 0) is 92.4 Å². The molecule has 0 spiro atoms. The quantitative estimate of drug-likeness (QED) is 0.182. The Hall–Kier alpha value is -4.44. The van der Waals surface area contributed by atoms with Crippen LogP contribution in [0, 0.1) is 0 Å². The Kier molecular flexibility index (Phi) is 5.93. The minimum atomic E-state index is -0.0137. The molecular weight excluding hydrogens is 585 g/mol. The summed E-state index contributed by atoms with van der Waals surface area (Å²) < 4.78 is 14.3. The minimum Gasteiger partial charge on any atom is -0.458 e. The normalized spacial score (nSPS) is 19.2. The van der Waals surface area contributed by atoms with Crippen LogP contribution in [-0.4, -0.2) is 6.71 Å². The molecule has 9 rings (SSSR count). The second-order valence-corrected chi connectivity index (χ2v) is 17.2. The minimum absolute atomic E-state index is 0.0137. The second kappa shape index (κ2) is 9.59. The highest BCUT2D eigenvalue weighted by molar-refractivity contribution is 6.98. The van der Waals surface area contributed by atoms with E-state index in [4.69, 9.17) is 9.47 Å². The number of ether oxygens (including phenoxy) is 2. The molecule has 0 N–H and O–H groups in total. The van der Waals surface area contributed by atoms with Crippen LogP contribution < -0.4 is 30.8 Å². The van der Waals surface area contributed by atoms with Crippen molar-refractivity contribution < 1.29 is 9.47 Å². The molecule has 0 saturated heterocycles. The maximum atomic E-state index is 7.23. The zero-order valence-electron chi connectivity index (χ0n) is 29.5. The molecule has 3 nitrogen and oxygen atoms in total. The van der Waals surface area contributed by atoms with E-state index in [-0.39, 0.29) is 28.4 Å². The van der Waals surface area contributed by atoms with Crippen LogP contribution in [0.4, 0.5) is 17.1 Å². The highest BCUT2D eigenvalue weighted by Crippen LogP contribution is 2.55. The van der Waals surface area contributed by atoms with E-state index in [1.54, 1.807) is 0 Å². The molecule has 4 aliphatic rings. The zero-order valence-corrected chi connectivity index (χ0v) is 29.5. The molecule has 0 atom stereocenters. The molecule has 2 aliphatic heterocycles. The fraction of sp³-hybridized carbons (Fsp3) is 0.318. The standard InChI is InChI=1S/C44H44BNO2/c1-41(2)26-44(7,8)38-30(41)19-20-33-40(38)48-37-22-29(46(27-15-11-9-12-16-27)28-17-13-10-14-18-28)21-36-39(37)45(33)34-23-31-32(24-35(34)47-36)43(5,6)25-42(31,3)4/h9-24H,25-26H2,1-8H3. The fourth-order valence-electron chi connectivity index (χ4n) is 10.3. The van der Waals surface area contributed by atoms with Crippen LogP contribution in [0.15, 0.2) is 97.1 Å². The molecule has 240 valence electrons. The number of benzene rings is 5. The predicted molar refractivity (Wildman–Crippen MR) is 200 cm³/mol. The summed E-state index contributed by atoms with van der Waals surface area (Å²) in [5, 5.41) is 0. The summed E-state index contributed by atoms with van der Waals surface area (Å²) in [6.07, 6.45) is 2.20. The topological polar surface area (TPSA) is 21.7 Å². The van der Waals surface area contributed by atoms with Crippen molar-refractivity contribution in [2.24, 2.45) is 0 Å². The summed E-state index contributed by atoms with van der Waals surface area (Å²) in [7, 11) is 0. The lowest BCUT2D eigenvalue weighted by Gasteiger charge is -2.37. The summed E-state index contributed by atoms with van der Waals surface area (Å²) in [5.41, 5.74) is 12.7. The second-order valence-electron chi connectivity index (χ2n) is 17.2. The molecule has 5 aromatic carbocycles. The van der Waals surface area contributed by atoms with E-state index in [2.05, 4.69) is 157 Å². The number of para-hydroxylation sites is 2. The zero-order chi connectivity index (χ0) is 33.4. The van der Waals surface area contributed by atoms with Gasteiger partial charge in [0.15, 0.2) is 0 Å². The van der Waals surface area contributed by atoms with E-state index in [9.17, 15) is 0 Å². The highest BCUT2D eigenvalue weighted by atomic mass is 16.5. The van der Waals surface area contributed by atoms with Crippen molar-refractivity contribution in [3.8, 4) is 23.0 Å². The first-order valence-corrected chi connectivity index (χ1v) is 17.6. The SMILES string of the molecule is CC1(C)CC(C)(C)c2cc3c(cc21)Oc1cc(N(c2ccccc2)c2ccccc2)cc2c1B3c1ccc3c(c1O2)C(C)(C)CC3(C)C. The molecule has 0 amide bonds. The third kappa shape index (κ3) is 4.14. The van der Waals surface area contributed by atoms with Crippen LogP contribution in [0.25, 0.3) is 0 Å². The Bertz CT molecular complexity index is 2100. The molecule has 0 saturated carbocycles. The summed E-state index contributed by atoms with van der Waals surface area (Å²) in [6, 6.07) is 35.3. The summed E-state index contributed by atoms with van der Waals surface area (Å²) >= 11 is 0. The van der Waals surface area contributed by atoms with Crippen molar-refractivity contribution in [1.29, 1.82) is 0 Å². The van der Waals surface area contributed by atoms with Crippen LogP contribution >= 0.6 is 0 Å². The number of nitrogens with zero attached hydrogens (tertiary/aromatic N) is 1. The van der Waals surface area contributed by atoms with E-state index in [1.807, 2.05) is 0 Å². The lowest BCUT2D eigenvalue weighted by atomic mass is 9.34. The average molecular weight is 630 g/mol. The molecular formula is C44H44BNO2. The third-order valence-corrected chi connectivity index (χ3v) is 11.7. The van der Waals surface area contributed by atoms with Gasteiger partial charge >= 0.3 is 0 Å². The van der Waals surface area contributed by atoms with E-state index < -0.39 is 0 Å². The molecule has 2 heterocycles. The highest BCUT2D eigenvalue weighted by Gasteiger charge is 2.50. The Morgan fingerprint density at radius 2 is 1.04 bits per heavy atom. The van der Waals surface area contributed by atoms with Gasteiger partial charge in [-0.25, -0.2) is 0 Å². The van der Waals surface area contributed by atoms with Gasteiger partial charge in [0.2, 0.25) is 0 Å². The van der Waals surface area contributed by atoms with E-state index in [1.165, 1.54) is 33.2 Å². The van der Waals surface area contributed by atoms with Crippen LogP contribution in [-0.2, 0) is 21.7 Å². The molecule has 0 aromatic heterocycles. The number of anilines is 3. The van der Waals surface area contributed by atoms with Crippen molar-refractivity contribution >= 4 is 40.2 Å². The van der Waals surface area contributed by atoms with Gasteiger partial charge in [-0.15, -0.1) is 0 Å². The van der Waals surface area contributed by atoms with Crippen molar-refractivity contribution in [2.45, 2.75) is 89.9 Å². The molecule has 0 bridgehead atoms. The summed E-state index contributed by atoms with van der Waals surface area (Å²) in [5.74, 6) is 3.77. The molecule has 0 fully saturated rings. The average Bonchev–Trinajstić information content (AvgIpc) is 3.35. The van der Waals surface area contributed by atoms with Crippen LogP contribution in [0.3, 0.4) is 0 Å². The van der Waals surface area contributed by atoms with Crippen molar-refractivity contribution in [1.82, 2.24) is 0 Å². The van der Waals surface area contributed by atoms with Crippen LogP contribution in [0.5, 0.6) is 23.0 Å². The van der Waals surface area contributed by atoms with Gasteiger partial charge in [-0.1, -0.05) is 110 Å². The maximum absolute atomic E-state index is 7.23. The number of hydrogen-bond donors (Lipinski definition) is 0. The van der Waals surface area contributed by atoms with Gasteiger partial charge in [0.1, 0.15) is 23.0 Å². The van der Waals surface area contributed by atoms with Crippen molar-refractivity contribution in [2.75, 3.05) is 4.90 Å². The van der Waals surface area contributed by atoms with E-state index in [0.29, 0.717) is 0 Å². The molecule has 0 unspecified atom stereocenters. The third-order valence-electron chi connectivity index (χ3n) is 11.7. The summed E-state index contributed by atoms with van der Waals surface area (Å²) in [6.45, 7) is 19.1. The van der Waals surface area contributed by atoms with E-state index in [0.717, 1.165) is 58.4 Å². The lowest BCUT2D eigenvalue weighted by molar-refractivity contribution is 0.394. The number of hydrogen-bond acceptors (Lipinski definition) is 3. The number of fused-ring (bicyclic) bond motifs is 7. The Morgan fingerprint density at radius 3 is 1.67 bits per heavy atom. The van der Waals surface area contributed by atoms with Crippen LogP contribution in [0.2, 0.25) is 0 Å². The van der Waals surface area contributed by atoms with Gasteiger partial charge in [0.05, 0.1) is 5.69 Å². The van der Waals surface area contributed by atoms with Gasteiger partial charge in [-0.3, -0.25) is 0 Å². The van der Waals surface area contributed by atoms with Gasteiger partial charge in [0, 0.05) is 34.5 Å². The van der Waals surface area contributed by atoms with Crippen LogP contribution in [0.1, 0.15) is 90.5 Å². The van der Waals surface area contributed by atoms with Gasteiger partial charge < -0.3 is 14.4 Å². The first-order valence-electron chi connectivity index (χ1n) is 17.6. The van der Waals surface area contributed by atoms with Gasteiger partial charge in [-0.2, -0.15) is 0 Å². The monoisotopic (exact) mass is 629 g/mol. The summed E-state index contributed by atoms with van der Waals surface area (Å²) in [4.78, 5) is 2.31. The first kappa shape index (κ1) is 29.7. The first-order chi connectivity index (χ1) is 22.8. The lowest BCUT2D eigenvalue weighted by Crippen LogP contribution is -2.58. The van der Waals surface area contributed by atoms with Crippen molar-refractivity contribution in [3.05, 3.63) is 119 Å².